The number of nitrogens with one attached hydrogen (secondary N) is 1. The third-order valence-corrected chi connectivity index (χ3v) is 6.14. The van der Waals surface area contributed by atoms with Crippen LogP contribution in [0.1, 0.15) is 12.8 Å². The van der Waals surface area contributed by atoms with Gasteiger partial charge in [-0.1, -0.05) is 5.21 Å². The van der Waals surface area contributed by atoms with Crippen LogP contribution in [-0.2, 0) is 16.1 Å². The van der Waals surface area contributed by atoms with Crippen LogP contribution in [0.3, 0.4) is 0 Å². The minimum atomic E-state index is 0.0856. The number of ether oxygens (including phenoxy) is 2. The summed E-state index contributed by atoms with van der Waals surface area (Å²) in [6.45, 7) is 3.82. The molecule has 4 atom stereocenters. The fourth-order valence-corrected chi connectivity index (χ4v) is 4.53. The van der Waals surface area contributed by atoms with E-state index in [0.717, 1.165) is 49.5 Å². The number of rotatable bonds is 8. The number of piperidine rings is 3. The summed E-state index contributed by atoms with van der Waals surface area (Å²) in [5, 5.41) is 11.7. The van der Waals surface area contributed by atoms with Crippen LogP contribution in [0.4, 0.5) is 0 Å². The first kappa shape index (κ1) is 19.8. The molecule has 29 heavy (non-hydrogen) atoms. The van der Waals surface area contributed by atoms with Crippen LogP contribution in [0.15, 0.2) is 30.5 Å². The van der Waals surface area contributed by atoms with Gasteiger partial charge >= 0.3 is 0 Å². The van der Waals surface area contributed by atoms with Crippen molar-refractivity contribution >= 4 is 5.91 Å². The van der Waals surface area contributed by atoms with Crippen molar-refractivity contribution in [3.05, 3.63) is 30.5 Å². The maximum Gasteiger partial charge on any atom is 0.224 e. The first-order valence-corrected chi connectivity index (χ1v) is 10.2. The zero-order valence-corrected chi connectivity index (χ0v) is 17.1. The van der Waals surface area contributed by atoms with Crippen molar-refractivity contribution in [1.29, 1.82) is 0 Å². The smallest absolute Gasteiger partial charge is 0.224 e. The Balaban J connectivity index is 1.35. The number of carbonyl (C=O) groups excluding carboxylic acids is 1. The third kappa shape index (κ3) is 4.43. The van der Waals surface area contributed by atoms with Crippen LogP contribution in [0.2, 0.25) is 0 Å². The number of fused-ring (bicyclic) bond motifs is 3. The van der Waals surface area contributed by atoms with Crippen LogP contribution < -0.4 is 10.1 Å². The summed E-state index contributed by atoms with van der Waals surface area (Å²) < 4.78 is 12.2. The monoisotopic (exact) mass is 399 g/mol. The summed E-state index contributed by atoms with van der Waals surface area (Å²) in [6, 6.07) is 8.25. The van der Waals surface area contributed by atoms with E-state index in [1.165, 1.54) is 0 Å². The van der Waals surface area contributed by atoms with E-state index >= 15 is 0 Å². The maximum absolute atomic E-state index is 12.5. The zero-order chi connectivity index (χ0) is 20.2. The Bertz CT molecular complexity index is 822. The van der Waals surface area contributed by atoms with Gasteiger partial charge in [0.2, 0.25) is 5.91 Å². The number of nitrogens with zero attached hydrogens (tertiary/aromatic N) is 4. The molecule has 3 fully saturated rings. The molecule has 1 unspecified atom stereocenters. The van der Waals surface area contributed by atoms with E-state index in [4.69, 9.17) is 9.47 Å². The van der Waals surface area contributed by atoms with Gasteiger partial charge in [-0.2, -0.15) is 0 Å². The van der Waals surface area contributed by atoms with E-state index in [2.05, 4.69) is 20.5 Å². The Labute approximate surface area is 171 Å². The van der Waals surface area contributed by atoms with Gasteiger partial charge in [0.05, 0.1) is 32.4 Å². The molecule has 0 aliphatic carbocycles. The molecule has 0 radical (unpaired) electrons. The van der Waals surface area contributed by atoms with Crippen LogP contribution in [0, 0.1) is 11.8 Å². The standard InChI is InChI=1S/C21H29N5O3/c1-28-10-8-22-21(27)19-13-25-9-7-16(19)11-17(25)12-26-14-20(23-24-26)15-3-5-18(29-2)6-4-15/h3-6,14,16-17,19H,7-13H2,1-2H3,(H,22,27)/t16-,17+,19+/m0/s1. The van der Waals surface area contributed by atoms with E-state index < -0.39 is 0 Å². The van der Waals surface area contributed by atoms with Crippen LogP contribution in [0.25, 0.3) is 11.3 Å². The molecule has 8 nitrogen and oxygen atoms in total. The molecular formula is C21H29N5O3. The summed E-state index contributed by atoms with van der Waals surface area (Å²) >= 11 is 0. The van der Waals surface area contributed by atoms with Crippen molar-refractivity contribution in [2.75, 3.05) is 40.5 Å². The Morgan fingerprint density at radius 3 is 2.79 bits per heavy atom. The quantitative estimate of drug-likeness (QED) is 0.677. The van der Waals surface area contributed by atoms with Gasteiger partial charge in [0.15, 0.2) is 0 Å². The number of hydrogen-bond acceptors (Lipinski definition) is 6. The maximum atomic E-state index is 12.5. The molecule has 1 amide bonds. The van der Waals surface area contributed by atoms with E-state index in [9.17, 15) is 4.79 Å². The van der Waals surface area contributed by atoms with Gasteiger partial charge < -0.3 is 14.8 Å². The van der Waals surface area contributed by atoms with Gasteiger partial charge in [0.25, 0.3) is 0 Å². The number of methoxy groups -OCH3 is 2. The molecule has 156 valence electrons. The van der Waals surface area contributed by atoms with Crippen LogP contribution in [0.5, 0.6) is 5.75 Å². The van der Waals surface area contributed by atoms with Crippen LogP contribution >= 0.6 is 0 Å². The molecule has 8 heteroatoms. The number of hydrogen-bond donors (Lipinski definition) is 1. The molecule has 3 aliphatic rings. The molecule has 2 aromatic rings. The molecule has 5 rings (SSSR count). The lowest BCUT2D eigenvalue weighted by Gasteiger charge is -2.49. The van der Waals surface area contributed by atoms with E-state index in [1.54, 1.807) is 14.2 Å². The second-order valence-corrected chi connectivity index (χ2v) is 7.88. The lowest BCUT2D eigenvalue weighted by Crippen LogP contribution is -2.58. The molecule has 1 aromatic heterocycles. The van der Waals surface area contributed by atoms with E-state index in [0.29, 0.717) is 25.1 Å². The van der Waals surface area contributed by atoms with Gasteiger partial charge in [-0.05, 0) is 49.6 Å². The third-order valence-electron chi connectivity index (χ3n) is 6.14. The Kier molecular flexibility index (Phi) is 6.10. The molecule has 2 bridgehead atoms. The molecule has 3 saturated heterocycles. The second kappa shape index (κ2) is 8.92. The summed E-state index contributed by atoms with van der Waals surface area (Å²) in [5.74, 6) is 1.52. The topological polar surface area (TPSA) is 81.5 Å². The molecule has 4 heterocycles. The molecular weight excluding hydrogens is 370 g/mol. The lowest BCUT2D eigenvalue weighted by atomic mass is 9.75. The fourth-order valence-electron chi connectivity index (χ4n) is 4.53. The van der Waals surface area contributed by atoms with Crippen molar-refractivity contribution in [3.63, 3.8) is 0 Å². The summed E-state index contributed by atoms with van der Waals surface area (Å²) in [6.07, 6.45) is 4.12. The summed E-state index contributed by atoms with van der Waals surface area (Å²) in [5.41, 5.74) is 1.88. The average molecular weight is 399 g/mol. The van der Waals surface area contributed by atoms with Gasteiger partial charge in [0.1, 0.15) is 11.4 Å². The van der Waals surface area contributed by atoms with E-state index in [-0.39, 0.29) is 11.8 Å². The minimum absolute atomic E-state index is 0.0856. The summed E-state index contributed by atoms with van der Waals surface area (Å²) in [4.78, 5) is 14.9. The second-order valence-electron chi connectivity index (χ2n) is 7.88. The number of amides is 1. The average Bonchev–Trinajstić information content (AvgIpc) is 3.23. The summed E-state index contributed by atoms with van der Waals surface area (Å²) in [7, 11) is 3.31. The molecule has 0 saturated carbocycles. The van der Waals surface area contributed by atoms with Crippen LogP contribution in [-0.4, -0.2) is 72.3 Å². The number of benzene rings is 1. The van der Waals surface area contributed by atoms with Gasteiger partial charge in [-0.15, -0.1) is 5.10 Å². The van der Waals surface area contributed by atoms with Crippen molar-refractivity contribution in [2.24, 2.45) is 11.8 Å². The van der Waals surface area contributed by atoms with Crippen molar-refractivity contribution < 1.29 is 14.3 Å². The molecule has 3 aliphatic heterocycles. The highest BCUT2D eigenvalue weighted by Gasteiger charge is 2.43. The Morgan fingerprint density at radius 2 is 2.10 bits per heavy atom. The Morgan fingerprint density at radius 1 is 1.28 bits per heavy atom. The highest BCUT2D eigenvalue weighted by Crippen LogP contribution is 2.37. The van der Waals surface area contributed by atoms with Crippen molar-refractivity contribution in [3.8, 4) is 17.0 Å². The SMILES string of the molecule is COCCNC(=O)[C@@H]1CN2CC[C@H]1C[C@@H]2Cn1cc(-c2ccc(OC)cc2)nn1. The minimum Gasteiger partial charge on any atom is -0.497 e. The predicted octanol–water partition coefficient (Wildman–Crippen LogP) is 1.43. The first-order chi connectivity index (χ1) is 14.2. The predicted molar refractivity (Wildman–Crippen MR) is 108 cm³/mol. The molecule has 1 N–H and O–H groups in total. The largest absolute Gasteiger partial charge is 0.497 e. The van der Waals surface area contributed by atoms with Crippen molar-refractivity contribution in [2.45, 2.75) is 25.4 Å². The zero-order valence-electron chi connectivity index (χ0n) is 17.1. The first-order valence-electron chi connectivity index (χ1n) is 10.2. The normalized spacial score (nSPS) is 25.7. The highest BCUT2D eigenvalue weighted by molar-refractivity contribution is 5.79. The van der Waals surface area contributed by atoms with Gasteiger partial charge in [0, 0.05) is 31.8 Å². The van der Waals surface area contributed by atoms with Crippen molar-refractivity contribution in [1.82, 2.24) is 25.2 Å². The Hall–Kier alpha value is -2.45. The van der Waals surface area contributed by atoms with Gasteiger partial charge in [-0.25, -0.2) is 0 Å². The molecule has 0 spiro atoms. The number of carbonyl (C=O) groups is 1. The van der Waals surface area contributed by atoms with Gasteiger partial charge in [-0.3, -0.25) is 14.4 Å². The highest BCUT2D eigenvalue weighted by atomic mass is 16.5. The fraction of sp³-hybridized carbons (Fsp3) is 0.571. The van der Waals surface area contributed by atoms with E-state index in [1.807, 2.05) is 35.1 Å². The molecule has 1 aromatic carbocycles. The lowest BCUT2D eigenvalue weighted by molar-refractivity contribution is -0.133. The number of aromatic nitrogens is 3.